The fourth-order valence-corrected chi connectivity index (χ4v) is 7.61. The molecule has 0 fully saturated rings. The molecule has 0 bridgehead atoms. The van der Waals surface area contributed by atoms with Crippen LogP contribution in [0.2, 0.25) is 0 Å². The van der Waals surface area contributed by atoms with Gasteiger partial charge in [-0.3, -0.25) is 9.97 Å². The van der Waals surface area contributed by atoms with Gasteiger partial charge in [0.15, 0.2) is 0 Å². The first-order valence-electron chi connectivity index (χ1n) is 14.9. The van der Waals surface area contributed by atoms with Gasteiger partial charge in [-0.05, 0) is 91.7 Å². The second-order valence-corrected chi connectivity index (χ2v) is 11.6. The Morgan fingerprint density at radius 3 is 1.69 bits per heavy atom. The number of aromatic nitrogens is 2. The second-order valence-electron chi connectivity index (χ2n) is 11.6. The molecule has 0 atom stereocenters. The van der Waals surface area contributed by atoms with Crippen molar-refractivity contribution in [1.82, 2.24) is 9.97 Å². The quantitative estimate of drug-likeness (QED) is 0.208. The highest BCUT2D eigenvalue weighted by Gasteiger charge is 2.52. The highest BCUT2D eigenvalue weighted by molar-refractivity contribution is 6.05. The van der Waals surface area contributed by atoms with Crippen molar-refractivity contribution in [2.75, 3.05) is 0 Å². The lowest BCUT2D eigenvalue weighted by molar-refractivity contribution is 0.801. The van der Waals surface area contributed by atoms with E-state index in [0.717, 1.165) is 27.9 Å². The van der Waals surface area contributed by atoms with Gasteiger partial charge in [0.05, 0.1) is 40.1 Å². The summed E-state index contributed by atoms with van der Waals surface area (Å²) in [6.45, 7) is 0. The zero-order valence-electron chi connectivity index (χ0n) is 24.0. The van der Waals surface area contributed by atoms with Crippen LogP contribution in [-0.2, 0) is 5.41 Å². The molecule has 0 unspecified atom stereocenters. The molecule has 2 aromatic heterocycles. The summed E-state index contributed by atoms with van der Waals surface area (Å²) in [5, 5.41) is 21.4. The Morgan fingerprint density at radius 2 is 1.04 bits per heavy atom. The molecular formula is C41H22N4. The maximum Gasteiger partial charge on any atom is 0.0992 e. The Balaban J connectivity index is 1.37. The molecule has 2 heterocycles. The van der Waals surface area contributed by atoms with Gasteiger partial charge in [0, 0.05) is 23.5 Å². The van der Waals surface area contributed by atoms with E-state index in [4.69, 9.17) is 0 Å². The van der Waals surface area contributed by atoms with E-state index >= 15 is 0 Å². The molecular weight excluding hydrogens is 548 g/mol. The van der Waals surface area contributed by atoms with E-state index in [1.165, 1.54) is 49.9 Å². The summed E-state index contributed by atoms with van der Waals surface area (Å²) in [6.07, 6.45) is 3.40. The number of nitriles is 2. The minimum atomic E-state index is -0.541. The predicted molar refractivity (Wildman–Crippen MR) is 176 cm³/mol. The standard InChI is InChI=1S/C41H22N4/c42-23-25-15-17-44-38(19-25)28-10-12-30-27(21-28)9-14-34-33-13-11-29(39-20-26(24-43)16-18-45-39)22-37(33)41(40(30)34)35-7-3-1-5-31(35)32-6-2-4-8-36(32)41/h1-22H. The number of rotatable bonds is 2. The van der Waals surface area contributed by atoms with Gasteiger partial charge in [0.1, 0.15) is 0 Å². The molecule has 0 N–H and O–H groups in total. The van der Waals surface area contributed by atoms with Gasteiger partial charge in [-0.25, -0.2) is 0 Å². The monoisotopic (exact) mass is 570 g/mol. The molecule has 2 aliphatic rings. The van der Waals surface area contributed by atoms with Crippen LogP contribution in [0.25, 0.3) is 55.5 Å². The fraction of sp³-hybridized carbons (Fsp3) is 0.0244. The molecule has 7 aromatic rings. The smallest absolute Gasteiger partial charge is 0.0992 e. The predicted octanol–water partition coefficient (Wildman–Crippen LogP) is 9.05. The molecule has 0 amide bonds. The third-order valence-corrected chi connectivity index (χ3v) is 9.43. The average molecular weight is 571 g/mol. The van der Waals surface area contributed by atoms with Crippen molar-refractivity contribution in [3.63, 3.8) is 0 Å². The van der Waals surface area contributed by atoms with Crippen molar-refractivity contribution in [2.24, 2.45) is 0 Å². The summed E-state index contributed by atoms with van der Waals surface area (Å²) < 4.78 is 0. The summed E-state index contributed by atoms with van der Waals surface area (Å²) in [6, 6.07) is 46.8. The van der Waals surface area contributed by atoms with Crippen molar-refractivity contribution >= 4 is 10.8 Å². The number of benzene rings is 5. The van der Waals surface area contributed by atoms with E-state index < -0.39 is 5.41 Å². The Morgan fingerprint density at radius 1 is 0.489 bits per heavy atom. The number of hydrogen-bond acceptors (Lipinski definition) is 4. The van der Waals surface area contributed by atoms with Crippen LogP contribution in [-0.4, -0.2) is 9.97 Å². The van der Waals surface area contributed by atoms with Crippen molar-refractivity contribution in [1.29, 1.82) is 10.5 Å². The first-order chi connectivity index (χ1) is 22.2. The highest BCUT2D eigenvalue weighted by atomic mass is 14.7. The van der Waals surface area contributed by atoms with Gasteiger partial charge in [0.2, 0.25) is 0 Å². The number of fused-ring (bicyclic) bond motifs is 12. The van der Waals surface area contributed by atoms with Crippen LogP contribution in [0.1, 0.15) is 33.4 Å². The molecule has 2 aliphatic carbocycles. The first-order valence-corrected chi connectivity index (χ1v) is 14.9. The second kappa shape index (κ2) is 9.32. The maximum absolute atomic E-state index is 9.59. The molecule has 45 heavy (non-hydrogen) atoms. The minimum absolute atomic E-state index is 0.541. The zero-order chi connectivity index (χ0) is 30.1. The molecule has 9 rings (SSSR count). The van der Waals surface area contributed by atoms with Gasteiger partial charge in [-0.2, -0.15) is 10.5 Å². The van der Waals surface area contributed by atoms with Gasteiger partial charge < -0.3 is 0 Å². The normalized spacial score (nSPS) is 13.0. The molecule has 4 heteroatoms. The van der Waals surface area contributed by atoms with Crippen LogP contribution in [0.4, 0.5) is 0 Å². The van der Waals surface area contributed by atoms with Crippen LogP contribution in [0.3, 0.4) is 0 Å². The molecule has 4 nitrogen and oxygen atoms in total. The Labute approximate surface area is 260 Å². The summed E-state index contributed by atoms with van der Waals surface area (Å²) in [4.78, 5) is 9.23. The molecule has 0 radical (unpaired) electrons. The molecule has 0 saturated carbocycles. The summed E-state index contributed by atoms with van der Waals surface area (Å²) >= 11 is 0. The van der Waals surface area contributed by atoms with Gasteiger partial charge >= 0.3 is 0 Å². The summed E-state index contributed by atoms with van der Waals surface area (Å²) in [5.74, 6) is 0. The average Bonchev–Trinajstić information content (AvgIpc) is 3.58. The molecule has 5 aromatic carbocycles. The Hall–Kier alpha value is -6.36. The van der Waals surface area contributed by atoms with Gasteiger partial charge in [-0.15, -0.1) is 0 Å². The molecule has 1 spiro atoms. The summed E-state index contributed by atoms with van der Waals surface area (Å²) in [5.41, 5.74) is 14.1. The van der Waals surface area contributed by atoms with Crippen molar-refractivity contribution in [2.45, 2.75) is 5.41 Å². The maximum atomic E-state index is 9.59. The van der Waals surface area contributed by atoms with E-state index in [-0.39, 0.29) is 0 Å². The number of hydrogen-bond donors (Lipinski definition) is 0. The van der Waals surface area contributed by atoms with Crippen molar-refractivity contribution in [3.8, 4) is 56.9 Å². The third-order valence-electron chi connectivity index (χ3n) is 9.43. The lowest BCUT2D eigenvalue weighted by atomic mass is 9.69. The van der Waals surface area contributed by atoms with E-state index in [9.17, 15) is 10.5 Å². The molecule has 206 valence electrons. The van der Waals surface area contributed by atoms with Crippen LogP contribution in [0, 0.1) is 22.7 Å². The zero-order valence-corrected chi connectivity index (χ0v) is 24.0. The lowest BCUT2D eigenvalue weighted by Gasteiger charge is -2.31. The van der Waals surface area contributed by atoms with Crippen molar-refractivity contribution in [3.05, 3.63) is 167 Å². The van der Waals surface area contributed by atoms with Crippen LogP contribution >= 0.6 is 0 Å². The highest BCUT2D eigenvalue weighted by Crippen LogP contribution is 2.64. The van der Waals surface area contributed by atoms with E-state index in [1.54, 1.807) is 24.5 Å². The van der Waals surface area contributed by atoms with E-state index in [0.29, 0.717) is 11.1 Å². The Kier molecular flexibility index (Phi) is 5.21. The SMILES string of the molecule is N#Cc1ccnc(-c2ccc3c(c2)C2(c4ccccc4-c4ccccc42)c2c-3ccc3cc(-c4cc(C#N)ccn4)ccc23)c1. The van der Waals surface area contributed by atoms with Crippen molar-refractivity contribution < 1.29 is 0 Å². The van der Waals surface area contributed by atoms with Crippen LogP contribution in [0.5, 0.6) is 0 Å². The molecule has 0 saturated heterocycles. The lowest BCUT2D eigenvalue weighted by Crippen LogP contribution is -2.26. The first kappa shape index (κ1) is 25.2. The minimum Gasteiger partial charge on any atom is -0.256 e. The fourth-order valence-electron chi connectivity index (χ4n) is 7.61. The van der Waals surface area contributed by atoms with E-state index in [1.807, 2.05) is 12.1 Å². The largest absolute Gasteiger partial charge is 0.256 e. The van der Waals surface area contributed by atoms with Gasteiger partial charge in [0.25, 0.3) is 0 Å². The number of pyridine rings is 2. The Bertz CT molecular complexity index is 2430. The van der Waals surface area contributed by atoms with E-state index in [2.05, 4.69) is 119 Å². The van der Waals surface area contributed by atoms with Crippen LogP contribution in [0.15, 0.2) is 134 Å². The topological polar surface area (TPSA) is 73.4 Å². The van der Waals surface area contributed by atoms with Gasteiger partial charge in [-0.1, -0.05) is 84.9 Å². The molecule has 0 aliphatic heterocycles. The summed E-state index contributed by atoms with van der Waals surface area (Å²) in [7, 11) is 0. The number of nitrogens with zero attached hydrogens (tertiary/aromatic N) is 4. The third kappa shape index (κ3) is 3.40. The van der Waals surface area contributed by atoms with Crippen LogP contribution < -0.4 is 0 Å².